The molecule has 0 radical (unpaired) electrons. The first-order valence-corrected chi connectivity index (χ1v) is 6.44. The Morgan fingerprint density at radius 3 is 2.68 bits per heavy atom. The molecule has 0 amide bonds. The maximum atomic E-state index is 13.1. The van der Waals surface area contributed by atoms with Crippen LogP contribution in [0, 0.1) is 22.9 Å². The standard InChI is InChI=1S/C14H11BrFNO2/c1-9-5-11(14(15)13(6-9)17(18)19)7-10-3-2-4-12(16)8-10/h2-6,8H,7H2,1H3. The number of nitrogens with zero attached hydrogens (tertiary/aromatic N) is 1. The first-order valence-electron chi connectivity index (χ1n) is 5.65. The van der Waals surface area contributed by atoms with Crippen LogP contribution in [0.3, 0.4) is 0 Å². The van der Waals surface area contributed by atoms with Gasteiger partial charge in [-0.15, -0.1) is 0 Å². The first kappa shape index (κ1) is 13.7. The van der Waals surface area contributed by atoms with Gasteiger partial charge in [0.15, 0.2) is 0 Å². The largest absolute Gasteiger partial charge is 0.284 e. The van der Waals surface area contributed by atoms with Crippen LogP contribution in [-0.2, 0) is 6.42 Å². The SMILES string of the molecule is Cc1cc(Cc2cccc(F)c2)c(Br)c([N+](=O)[O-])c1. The van der Waals surface area contributed by atoms with E-state index in [9.17, 15) is 14.5 Å². The highest BCUT2D eigenvalue weighted by Crippen LogP contribution is 2.31. The molecule has 0 spiro atoms. The summed E-state index contributed by atoms with van der Waals surface area (Å²) in [6.45, 7) is 1.80. The zero-order valence-corrected chi connectivity index (χ0v) is 11.8. The van der Waals surface area contributed by atoms with Crippen molar-refractivity contribution in [1.82, 2.24) is 0 Å². The van der Waals surface area contributed by atoms with E-state index in [2.05, 4.69) is 15.9 Å². The molecule has 3 nitrogen and oxygen atoms in total. The monoisotopic (exact) mass is 323 g/mol. The molecular weight excluding hydrogens is 313 g/mol. The third-order valence-corrected chi connectivity index (χ3v) is 3.67. The average molecular weight is 324 g/mol. The Hall–Kier alpha value is -1.75. The molecule has 2 aromatic carbocycles. The van der Waals surface area contributed by atoms with Crippen LogP contribution in [0.15, 0.2) is 40.9 Å². The average Bonchev–Trinajstić information content (AvgIpc) is 2.33. The second-order valence-corrected chi connectivity index (χ2v) is 5.11. The van der Waals surface area contributed by atoms with Gasteiger partial charge in [0.1, 0.15) is 5.82 Å². The molecule has 0 aliphatic carbocycles. The van der Waals surface area contributed by atoms with Gasteiger partial charge in [-0.2, -0.15) is 0 Å². The number of halogens is 2. The Bertz CT molecular complexity index is 643. The Morgan fingerprint density at radius 1 is 1.32 bits per heavy atom. The van der Waals surface area contributed by atoms with Crippen LogP contribution in [0.5, 0.6) is 0 Å². The van der Waals surface area contributed by atoms with Crippen molar-refractivity contribution in [3.8, 4) is 0 Å². The van der Waals surface area contributed by atoms with E-state index in [1.165, 1.54) is 18.2 Å². The lowest BCUT2D eigenvalue weighted by molar-refractivity contribution is -0.385. The molecule has 0 bridgehead atoms. The van der Waals surface area contributed by atoms with Crippen molar-refractivity contribution < 1.29 is 9.31 Å². The normalized spacial score (nSPS) is 10.5. The fourth-order valence-corrected chi connectivity index (χ4v) is 2.47. The number of aryl methyl sites for hydroxylation is 1. The van der Waals surface area contributed by atoms with Gasteiger partial charge in [0.25, 0.3) is 5.69 Å². The highest BCUT2D eigenvalue weighted by molar-refractivity contribution is 9.10. The minimum absolute atomic E-state index is 0.0337. The lowest BCUT2D eigenvalue weighted by Gasteiger charge is -2.07. The number of nitro benzene ring substituents is 1. The summed E-state index contributed by atoms with van der Waals surface area (Å²) in [5, 5.41) is 10.9. The Labute approximate surface area is 118 Å². The molecule has 0 heterocycles. The summed E-state index contributed by atoms with van der Waals surface area (Å²) >= 11 is 3.26. The second-order valence-electron chi connectivity index (χ2n) is 4.32. The number of benzene rings is 2. The highest BCUT2D eigenvalue weighted by atomic mass is 79.9. The second kappa shape index (κ2) is 5.48. The molecular formula is C14H11BrFNO2. The Morgan fingerprint density at radius 2 is 2.05 bits per heavy atom. The Kier molecular flexibility index (Phi) is 3.95. The van der Waals surface area contributed by atoms with E-state index < -0.39 is 4.92 Å². The lowest BCUT2D eigenvalue weighted by atomic mass is 10.0. The summed E-state index contributed by atoms with van der Waals surface area (Å²) in [4.78, 5) is 10.5. The molecule has 0 saturated heterocycles. The van der Waals surface area contributed by atoms with Crippen molar-refractivity contribution in [2.45, 2.75) is 13.3 Å². The van der Waals surface area contributed by atoms with Gasteiger partial charge in [0, 0.05) is 6.07 Å². The van der Waals surface area contributed by atoms with Crippen molar-refractivity contribution in [1.29, 1.82) is 0 Å². The van der Waals surface area contributed by atoms with E-state index in [1.54, 1.807) is 19.1 Å². The topological polar surface area (TPSA) is 43.1 Å². The third-order valence-electron chi connectivity index (χ3n) is 2.75. The molecule has 0 aliphatic rings. The van der Waals surface area contributed by atoms with Crippen molar-refractivity contribution in [3.63, 3.8) is 0 Å². The van der Waals surface area contributed by atoms with Crippen molar-refractivity contribution in [2.75, 3.05) is 0 Å². The van der Waals surface area contributed by atoms with Crippen LogP contribution in [-0.4, -0.2) is 4.92 Å². The number of hydrogen-bond donors (Lipinski definition) is 0. The molecule has 5 heteroatoms. The van der Waals surface area contributed by atoms with Crippen molar-refractivity contribution >= 4 is 21.6 Å². The summed E-state index contributed by atoms with van der Waals surface area (Å²) in [5.41, 5.74) is 2.39. The van der Waals surface area contributed by atoms with Gasteiger partial charge in [0.05, 0.1) is 9.40 Å². The van der Waals surface area contributed by atoms with E-state index in [1.807, 2.05) is 6.07 Å². The van der Waals surface area contributed by atoms with Gasteiger partial charge in [-0.05, 0) is 58.1 Å². The molecule has 19 heavy (non-hydrogen) atoms. The molecule has 2 rings (SSSR count). The zero-order chi connectivity index (χ0) is 14.0. The van der Waals surface area contributed by atoms with Crippen molar-refractivity contribution in [2.24, 2.45) is 0 Å². The van der Waals surface area contributed by atoms with Crippen LogP contribution in [0.4, 0.5) is 10.1 Å². The summed E-state index contributed by atoms with van der Waals surface area (Å²) in [7, 11) is 0. The van der Waals surface area contributed by atoms with E-state index >= 15 is 0 Å². The van der Waals surface area contributed by atoms with Gasteiger partial charge in [0.2, 0.25) is 0 Å². The van der Waals surface area contributed by atoms with Gasteiger partial charge in [-0.25, -0.2) is 4.39 Å². The maximum absolute atomic E-state index is 13.1. The fraction of sp³-hybridized carbons (Fsp3) is 0.143. The van der Waals surface area contributed by atoms with Gasteiger partial charge in [-0.1, -0.05) is 18.2 Å². The molecule has 2 aromatic rings. The summed E-state index contributed by atoms with van der Waals surface area (Å²) < 4.78 is 13.6. The van der Waals surface area contributed by atoms with Crippen molar-refractivity contribution in [3.05, 3.63) is 73.5 Å². The molecule has 0 aromatic heterocycles. The van der Waals surface area contributed by atoms with Gasteiger partial charge in [-0.3, -0.25) is 10.1 Å². The smallest absolute Gasteiger partial charge is 0.258 e. The molecule has 0 unspecified atom stereocenters. The fourth-order valence-electron chi connectivity index (χ4n) is 1.95. The number of hydrogen-bond acceptors (Lipinski definition) is 2. The van der Waals surface area contributed by atoms with E-state index in [4.69, 9.17) is 0 Å². The van der Waals surface area contributed by atoms with Gasteiger partial charge < -0.3 is 0 Å². The van der Waals surface area contributed by atoms with Crippen LogP contribution in [0.2, 0.25) is 0 Å². The van der Waals surface area contributed by atoms with E-state index in [0.29, 0.717) is 10.9 Å². The molecule has 0 aliphatic heterocycles. The van der Waals surface area contributed by atoms with Crippen LogP contribution < -0.4 is 0 Å². The molecule has 0 N–H and O–H groups in total. The lowest BCUT2D eigenvalue weighted by Crippen LogP contribution is -1.97. The highest BCUT2D eigenvalue weighted by Gasteiger charge is 2.16. The first-order chi connectivity index (χ1) is 8.97. The Balaban J connectivity index is 2.43. The summed E-state index contributed by atoms with van der Waals surface area (Å²) in [6.07, 6.45) is 0.445. The summed E-state index contributed by atoms with van der Waals surface area (Å²) in [6, 6.07) is 9.60. The predicted molar refractivity (Wildman–Crippen MR) is 74.7 cm³/mol. The van der Waals surface area contributed by atoms with E-state index in [0.717, 1.165) is 16.7 Å². The minimum atomic E-state index is -0.424. The van der Waals surface area contributed by atoms with E-state index in [-0.39, 0.29) is 11.5 Å². The summed E-state index contributed by atoms with van der Waals surface area (Å²) in [5.74, 6) is -0.309. The van der Waals surface area contributed by atoms with Crippen LogP contribution >= 0.6 is 15.9 Å². The number of rotatable bonds is 3. The minimum Gasteiger partial charge on any atom is -0.258 e. The third kappa shape index (κ3) is 3.17. The maximum Gasteiger partial charge on any atom is 0.284 e. The molecule has 98 valence electrons. The molecule has 0 atom stereocenters. The van der Waals surface area contributed by atoms with Gasteiger partial charge >= 0.3 is 0 Å². The number of nitro groups is 1. The predicted octanol–water partition coefficient (Wildman–Crippen LogP) is 4.40. The van der Waals surface area contributed by atoms with Crippen LogP contribution in [0.25, 0.3) is 0 Å². The quantitative estimate of drug-likeness (QED) is 0.620. The molecule has 0 fully saturated rings. The zero-order valence-electron chi connectivity index (χ0n) is 10.2. The van der Waals surface area contributed by atoms with Crippen LogP contribution in [0.1, 0.15) is 16.7 Å². The molecule has 0 saturated carbocycles.